The van der Waals surface area contributed by atoms with E-state index >= 15 is 0 Å². The summed E-state index contributed by atoms with van der Waals surface area (Å²) in [6.07, 6.45) is 8.47. The lowest BCUT2D eigenvalue weighted by Crippen LogP contribution is -2.31. The number of pyridine rings is 1. The quantitative estimate of drug-likeness (QED) is 0.841. The highest BCUT2D eigenvalue weighted by Crippen LogP contribution is 2.28. The SMILES string of the molecule is C[C@@H]1CCCC[C@H]1CNC[C@@H](O)c1ccncc1. The zero-order chi connectivity index (χ0) is 12.8. The third-order valence-corrected chi connectivity index (χ3v) is 4.12. The summed E-state index contributed by atoms with van der Waals surface area (Å²) >= 11 is 0. The Balaban J connectivity index is 1.71. The predicted molar refractivity (Wildman–Crippen MR) is 73.2 cm³/mol. The number of hydrogen-bond donors (Lipinski definition) is 2. The summed E-state index contributed by atoms with van der Waals surface area (Å²) < 4.78 is 0. The van der Waals surface area contributed by atoms with Gasteiger partial charge in [0.1, 0.15) is 0 Å². The summed E-state index contributed by atoms with van der Waals surface area (Å²) in [6.45, 7) is 4.02. The van der Waals surface area contributed by atoms with E-state index in [1.165, 1.54) is 25.7 Å². The van der Waals surface area contributed by atoms with Crippen LogP contribution in [0.25, 0.3) is 0 Å². The molecule has 0 spiro atoms. The Morgan fingerprint density at radius 3 is 2.78 bits per heavy atom. The molecule has 100 valence electrons. The van der Waals surface area contributed by atoms with E-state index in [0.29, 0.717) is 6.54 Å². The zero-order valence-electron chi connectivity index (χ0n) is 11.2. The third-order valence-electron chi connectivity index (χ3n) is 4.12. The highest BCUT2D eigenvalue weighted by molar-refractivity contribution is 5.13. The third kappa shape index (κ3) is 3.79. The van der Waals surface area contributed by atoms with Crippen molar-refractivity contribution < 1.29 is 5.11 Å². The fourth-order valence-electron chi connectivity index (χ4n) is 2.81. The zero-order valence-corrected chi connectivity index (χ0v) is 11.2. The van der Waals surface area contributed by atoms with Crippen molar-refractivity contribution in [2.75, 3.05) is 13.1 Å². The molecular formula is C15H24N2O. The van der Waals surface area contributed by atoms with Crippen molar-refractivity contribution >= 4 is 0 Å². The van der Waals surface area contributed by atoms with Crippen molar-refractivity contribution in [1.82, 2.24) is 10.3 Å². The van der Waals surface area contributed by atoms with Crippen LogP contribution in [0.1, 0.15) is 44.3 Å². The standard InChI is InChI=1S/C15H24N2O/c1-12-4-2-3-5-14(12)10-17-11-15(18)13-6-8-16-9-7-13/h6-9,12,14-15,17-18H,2-5,10-11H2,1H3/t12-,14+,15-/m1/s1. The minimum absolute atomic E-state index is 0.424. The maximum absolute atomic E-state index is 10.0. The first-order valence-corrected chi connectivity index (χ1v) is 7.06. The van der Waals surface area contributed by atoms with Crippen LogP contribution in [0.3, 0.4) is 0 Å². The number of nitrogens with zero attached hydrogens (tertiary/aromatic N) is 1. The van der Waals surface area contributed by atoms with Crippen LogP contribution in [0.2, 0.25) is 0 Å². The summed E-state index contributed by atoms with van der Waals surface area (Å²) in [5.41, 5.74) is 0.939. The van der Waals surface area contributed by atoms with Crippen LogP contribution < -0.4 is 5.32 Å². The Morgan fingerprint density at radius 1 is 1.33 bits per heavy atom. The fourth-order valence-corrected chi connectivity index (χ4v) is 2.81. The Bertz CT molecular complexity index is 342. The second-order valence-corrected chi connectivity index (χ2v) is 5.48. The maximum Gasteiger partial charge on any atom is 0.0915 e. The molecule has 0 aliphatic heterocycles. The first-order valence-electron chi connectivity index (χ1n) is 7.06. The molecule has 1 aromatic rings. The second kappa shape index (κ2) is 6.86. The lowest BCUT2D eigenvalue weighted by molar-refractivity contribution is 0.165. The van der Waals surface area contributed by atoms with Gasteiger partial charge in [-0.1, -0.05) is 26.2 Å². The maximum atomic E-state index is 10.0. The molecule has 1 aromatic heterocycles. The number of aromatic nitrogens is 1. The van der Waals surface area contributed by atoms with Crippen LogP contribution in [-0.2, 0) is 0 Å². The van der Waals surface area contributed by atoms with E-state index in [0.717, 1.165) is 23.9 Å². The molecule has 0 aromatic carbocycles. The van der Waals surface area contributed by atoms with Gasteiger partial charge in [0.25, 0.3) is 0 Å². The Kier molecular flexibility index (Phi) is 5.14. The summed E-state index contributed by atoms with van der Waals surface area (Å²) in [5.74, 6) is 1.60. The van der Waals surface area contributed by atoms with Crippen molar-refractivity contribution in [2.45, 2.75) is 38.7 Å². The highest BCUT2D eigenvalue weighted by Gasteiger charge is 2.20. The summed E-state index contributed by atoms with van der Waals surface area (Å²) in [7, 11) is 0. The molecule has 3 atom stereocenters. The van der Waals surface area contributed by atoms with Gasteiger partial charge in [-0.15, -0.1) is 0 Å². The van der Waals surface area contributed by atoms with Gasteiger partial charge < -0.3 is 10.4 Å². The van der Waals surface area contributed by atoms with Crippen molar-refractivity contribution in [1.29, 1.82) is 0 Å². The molecule has 0 unspecified atom stereocenters. The van der Waals surface area contributed by atoms with Gasteiger partial charge in [-0.05, 0) is 42.5 Å². The highest BCUT2D eigenvalue weighted by atomic mass is 16.3. The molecule has 0 saturated heterocycles. The monoisotopic (exact) mass is 248 g/mol. The second-order valence-electron chi connectivity index (χ2n) is 5.48. The molecule has 3 nitrogen and oxygen atoms in total. The summed E-state index contributed by atoms with van der Waals surface area (Å²) in [6, 6.07) is 3.74. The van der Waals surface area contributed by atoms with Gasteiger partial charge in [-0.3, -0.25) is 4.98 Å². The van der Waals surface area contributed by atoms with E-state index in [1.54, 1.807) is 12.4 Å². The van der Waals surface area contributed by atoms with E-state index in [4.69, 9.17) is 0 Å². The van der Waals surface area contributed by atoms with Gasteiger partial charge in [0, 0.05) is 18.9 Å². The largest absolute Gasteiger partial charge is 0.387 e. The normalized spacial score (nSPS) is 25.9. The van der Waals surface area contributed by atoms with Crippen LogP contribution >= 0.6 is 0 Å². The van der Waals surface area contributed by atoms with Crippen LogP contribution in [0.5, 0.6) is 0 Å². The minimum atomic E-state index is -0.424. The smallest absolute Gasteiger partial charge is 0.0915 e. The molecular weight excluding hydrogens is 224 g/mol. The molecule has 3 heteroatoms. The van der Waals surface area contributed by atoms with Gasteiger partial charge >= 0.3 is 0 Å². The lowest BCUT2D eigenvalue weighted by atomic mass is 9.80. The predicted octanol–water partition coefficient (Wildman–Crippen LogP) is 2.53. The van der Waals surface area contributed by atoms with Crippen LogP contribution in [0.15, 0.2) is 24.5 Å². The number of aliphatic hydroxyl groups is 1. The molecule has 1 aliphatic carbocycles. The molecule has 2 rings (SSSR count). The van der Waals surface area contributed by atoms with Crippen LogP contribution in [0.4, 0.5) is 0 Å². The van der Waals surface area contributed by atoms with Gasteiger partial charge in [0.2, 0.25) is 0 Å². The minimum Gasteiger partial charge on any atom is -0.387 e. The molecule has 0 amide bonds. The van der Waals surface area contributed by atoms with Crippen LogP contribution in [-0.4, -0.2) is 23.2 Å². The van der Waals surface area contributed by atoms with Crippen molar-refractivity contribution in [3.05, 3.63) is 30.1 Å². The molecule has 0 bridgehead atoms. The molecule has 2 N–H and O–H groups in total. The first kappa shape index (κ1) is 13.5. The van der Waals surface area contributed by atoms with Crippen molar-refractivity contribution in [3.63, 3.8) is 0 Å². The van der Waals surface area contributed by atoms with E-state index in [-0.39, 0.29) is 0 Å². The van der Waals surface area contributed by atoms with E-state index in [1.807, 2.05) is 12.1 Å². The Labute approximate surface area is 110 Å². The van der Waals surface area contributed by atoms with Crippen molar-refractivity contribution in [3.8, 4) is 0 Å². The van der Waals surface area contributed by atoms with E-state index in [9.17, 15) is 5.11 Å². The molecule has 1 saturated carbocycles. The Morgan fingerprint density at radius 2 is 2.06 bits per heavy atom. The van der Waals surface area contributed by atoms with Gasteiger partial charge in [0.05, 0.1) is 6.10 Å². The average Bonchev–Trinajstić information content (AvgIpc) is 2.42. The van der Waals surface area contributed by atoms with E-state index in [2.05, 4.69) is 17.2 Å². The van der Waals surface area contributed by atoms with Crippen molar-refractivity contribution in [2.24, 2.45) is 11.8 Å². The number of rotatable bonds is 5. The van der Waals surface area contributed by atoms with Gasteiger partial charge in [-0.2, -0.15) is 0 Å². The van der Waals surface area contributed by atoms with Gasteiger partial charge in [0.15, 0.2) is 0 Å². The molecule has 1 heterocycles. The molecule has 1 fully saturated rings. The van der Waals surface area contributed by atoms with E-state index < -0.39 is 6.10 Å². The topological polar surface area (TPSA) is 45.1 Å². The summed E-state index contributed by atoms with van der Waals surface area (Å²) in [5, 5.41) is 13.4. The number of hydrogen-bond acceptors (Lipinski definition) is 3. The molecule has 0 radical (unpaired) electrons. The summed E-state index contributed by atoms with van der Waals surface area (Å²) in [4.78, 5) is 3.96. The molecule has 18 heavy (non-hydrogen) atoms. The number of nitrogens with one attached hydrogen (secondary N) is 1. The average molecular weight is 248 g/mol. The molecule has 1 aliphatic rings. The van der Waals surface area contributed by atoms with Crippen LogP contribution in [0, 0.1) is 11.8 Å². The van der Waals surface area contributed by atoms with Gasteiger partial charge in [-0.25, -0.2) is 0 Å². The lowest BCUT2D eigenvalue weighted by Gasteiger charge is -2.29. The number of aliphatic hydroxyl groups excluding tert-OH is 1. The fraction of sp³-hybridized carbons (Fsp3) is 0.667. The Hall–Kier alpha value is -0.930. The first-order chi connectivity index (χ1) is 8.77.